The van der Waals surface area contributed by atoms with Crippen molar-refractivity contribution >= 4 is 22.6 Å². The lowest BCUT2D eigenvalue weighted by molar-refractivity contribution is 0.0629. The summed E-state index contributed by atoms with van der Waals surface area (Å²) in [6.45, 7) is 6.24. The molecule has 0 saturated carbocycles. The fourth-order valence-electron chi connectivity index (χ4n) is 2.70. The molecule has 0 N–H and O–H groups in total. The Morgan fingerprint density at radius 3 is 2.52 bits per heavy atom. The van der Waals surface area contributed by atoms with Crippen molar-refractivity contribution in [3.8, 4) is 5.75 Å². The second-order valence-electron chi connectivity index (χ2n) is 4.78. The summed E-state index contributed by atoms with van der Waals surface area (Å²) >= 11 is 0. The minimum atomic E-state index is -0.286. The molecule has 0 radical (unpaired) electrons. The van der Waals surface area contributed by atoms with E-state index in [2.05, 4.69) is 6.58 Å². The molecule has 0 bridgehead atoms. The summed E-state index contributed by atoms with van der Waals surface area (Å²) in [6.07, 6.45) is 1.55. The van der Waals surface area contributed by atoms with Crippen molar-refractivity contribution in [3.05, 3.63) is 54.1 Å². The number of imide groups is 1. The van der Waals surface area contributed by atoms with Gasteiger partial charge in [-0.3, -0.25) is 14.5 Å². The Morgan fingerprint density at radius 2 is 1.86 bits per heavy atom. The van der Waals surface area contributed by atoms with Crippen LogP contribution in [0.3, 0.4) is 0 Å². The average Bonchev–Trinajstić information content (AvgIpc) is 2.50. The van der Waals surface area contributed by atoms with Crippen molar-refractivity contribution < 1.29 is 14.3 Å². The Labute approximate surface area is 122 Å². The van der Waals surface area contributed by atoms with E-state index in [9.17, 15) is 9.59 Å². The minimum absolute atomic E-state index is 0.209. The molecule has 1 aliphatic heterocycles. The Bertz CT molecular complexity index is 742. The van der Waals surface area contributed by atoms with Crippen molar-refractivity contribution in [1.29, 1.82) is 0 Å². The largest absolute Gasteiger partial charge is 0.493 e. The summed E-state index contributed by atoms with van der Waals surface area (Å²) in [5, 5.41) is 1.48. The van der Waals surface area contributed by atoms with E-state index in [1.165, 1.54) is 4.90 Å². The molecule has 4 nitrogen and oxygen atoms in total. The number of ether oxygens (including phenoxy) is 1. The zero-order valence-electron chi connectivity index (χ0n) is 11.8. The SMILES string of the molecule is C=CCN1C(=O)c2cccc3c(OCC)ccc(c23)C1=O. The maximum absolute atomic E-state index is 12.5. The number of carbonyl (C=O) groups excluding carboxylic acids is 2. The van der Waals surface area contributed by atoms with Crippen LogP contribution in [-0.2, 0) is 0 Å². The van der Waals surface area contributed by atoms with Crippen molar-refractivity contribution in [2.75, 3.05) is 13.2 Å². The van der Waals surface area contributed by atoms with Gasteiger partial charge in [-0.15, -0.1) is 6.58 Å². The summed E-state index contributed by atoms with van der Waals surface area (Å²) in [4.78, 5) is 26.2. The van der Waals surface area contributed by atoms with Gasteiger partial charge < -0.3 is 4.74 Å². The van der Waals surface area contributed by atoms with Crippen LogP contribution in [0.5, 0.6) is 5.75 Å². The lowest BCUT2D eigenvalue weighted by atomic mass is 9.93. The Balaban J connectivity index is 2.30. The molecule has 106 valence electrons. The van der Waals surface area contributed by atoms with Crippen molar-refractivity contribution in [3.63, 3.8) is 0 Å². The Hall–Kier alpha value is -2.62. The highest BCUT2D eigenvalue weighted by atomic mass is 16.5. The highest BCUT2D eigenvalue weighted by Crippen LogP contribution is 2.35. The van der Waals surface area contributed by atoms with Crippen molar-refractivity contribution in [1.82, 2.24) is 4.90 Å². The molecule has 0 aromatic heterocycles. The zero-order valence-corrected chi connectivity index (χ0v) is 11.8. The predicted octanol–water partition coefficient (Wildman–Crippen LogP) is 3.02. The molecule has 1 aliphatic rings. The van der Waals surface area contributed by atoms with Gasteiger partial charge in [0.25, 0.3) is 11.8 Å². The fraction of sp³-hybridized carbons (Fsp3) is 0.176. The summed E-state index contributed by atoms with van der Waals surface area (Å²) in [5.41, 5.74) is 1.07. The maximum Gasteiger partial charge on any atom is 0.261 e. The molecular formula is C17H15NO3. The standard InChI is InChI=1S/C17H15NO3/c1-3-10-18-16(19)12-7-5-6-11-14(21-4-2)9-8-13(15(11)12)17(18)20/h3,5-9H,1,4,10H2,2H3. The quantitative estimate of drug-likeness (QED) is 0.639. The molecule has 2 aromatic rings. The maximum atomic E-state index is 12.5. The van der Waals surface area contributed by atoms with Crippen LogP contribution in [-0.4, -0.2) is 29.9 Å². The molecule has 3 rings (SSSR count). The van der Waals surface area contributed by atoms with E-state index in [1.54, 1.807) is 24.3 Å². The normalized spacial score (nSPS) is 13.7. The van der Waals surface area contributed by atoms with Gasteiger partial charge in [0.05, 0.1) is 6.61 Å². The van der Waals surface area contributed by atoms with Crippen LogP contribution in [0, 0.1) is 0 Å². The van der Waals surface area contributed by atoms with E-state index < -0.39 is 0 Å². The number of benzene rings is 2. The van der Waals surface area contributed by atoms with Crippen LogP contribution in [0.1, 0.15) is 27.6 Å². The smallest absolute Gasteiger partial charge is 0.261 e. The first-order valence-corrected chi connectivity index (χ1v) is 6.84. The molecule has 1 heterocycles. The third-order valence-electron chi connectivity index (χ3n) is 3.56. The van der Waals surface area contributed by atoms with Crippen LogP contribution < -0.4 is 4.74 Å². The first-order chi connectivity index (χ1) is 10.2. The molecule has 21 heavy (non-hydrogen) atoms. The molecule has 0 unspecified atom stereocenters. The Kier molecular flexibility index (Phi) is 3.22. The number of hydrogen-bond acceptors (Lipinski definition) is 3. The third-order valence-corrected chi connectivity index (χ3v) is 3.56. The summed E-state index contributed by atoms with van der Waals surface area (Å²) < 4.78 is 5.59. The molecule has 0 spiro atoms. The lowest BCUT2D eigenvalue weighted by Gasteiger charge is -2.26. The van der Waals surface area contributed by atoms with Gasteiger partial charge in [-0.25, -0.2) is 0 Å². The van der Waals surface area contributed by atoms with E-state index in [4.69, 9.17) is 4.74 Å². The highest BCUT2D eigenvalue weighted by molar-refractivity contribution is 6.26. The number of amides is 2. The van der Waals surface area contributed by atoms with E-state index in [-0.39, 0.29) is 18.4 Å². The average molecular weight is 281 g/mol. The van der Waals surface area contributed by atoms with E-state index in [0.29, 0.717) is 28.9 Å². The highest BCUT2D eigenvalue weighted by Gasteiger charge is 2.32. The van der Waals surface area contributed by atoms with E-state index in [0.717, 1.165) is 5.39 Å². The van der Waals surface area contributed by atoms with Gasteiger partial charge in [0.2, 0.25) is 0 Å². The van der Waals surface area contributed by atoms with Crippen LogP contribution >= 0.6 is 0 Å². The summed E-state index contributed by atoms with van der Waals surface area (Å²) in [6, 6.07) is 8.93. The third kappa shape index (κ3) is 1.91. The molecule has 2 aromatic carbocycles. The number of hydrogen-bond donors (Lipinski definition) is 0. The number of nitrogens with zero attached hydrogens (tertiary/aromatic N) is 1. The van der Waals surface area contributed by atoms with Crippen LogP contribution in [0.15, 0.2) is 43.0 Å². The topological polar surface area (TPSA) is 46.6 Å². The number of carbonyl (C=O) groups is 2. The second kappa shape index (κ2) is 5.05. The molecule has 0 saturated heterocycles. The number of rotatable bonds is 4. The van der Waals surface area contributed by atoms with Gasteiger partial charge in [-0.2, -0.15) is 0 Å². The van der Waals surface area contributed by atoms with Gasteiger partial charge in [-0.05, 0) is 25.1 Å². The van der Waals surface area contributed by atoms with Crippen LogP contribution in [0.2, 0.25) is 0 Å². The first-order valence-electron chi connectivity index (χ1n) is 6.84. The molecule has 4 heteroatoms. The fourth-order valence-corrected chi connectivity index (χ4v) is 2.70. The molecule has 0 atom stereocenters. The predicted molar refractivity (Wildman–Crippen MR) is 80.7 cm³/mol. The van der Waals surface area contributed by atoms with Gasteiger partial charge >= 0.3 is 0 Å². The van der Waals surface area contributed by atoms with E-state index in [1.807, 2.05) is 19.1 Å². The molecule has 2 amide bonds. The van der Waals surface area contributed by atoms with Crippen molar-refractivity contribution in [2.24, 2.45) is 0 Å². The van der Waals surface area contributed by atoms with Crippen LogP contribution in [0.25, 0.3) is 10.8 Å². The van der Waals surface area contributed by atoms with Gasteiger partial charge in [0, 0.05) is 28.4 Å². The molecular weight excluding hydrogens is 266 g/mol. The zero-order chi connectivity index (χ0) is 15.0. The van der Waals surface area contributed by atoms with Gasteiger partial charge in [-0.1, -0.05) is 18.2 Å². The Morgan fingerprint density at radius 1 is 1.14 bits per heavy atom. The molecule has 0 aliphatic carbocycles. The van der Waals surface area contributed by atoms with Crippen LogP contribution in [0.4, 0.5) is 0 Å². The minimum Gasteiger partial charge on any atom is -0.493 e. The van der Waals surface area contributed by atoms with Crippen molar-refractivity contribution in [2.45, 2.75) is 6.92 Å². The molecule has 0 fully saturated rings. The lowest BCUT2D eigenvalue weighted by Crippen LogP contribution is -2.40. The summed E-state index contributed by atoms with van der Waals surface area (Å²) in [7, 11) is 0. The van der Waals surface area contributed by atoms with Gasteiger partial charge in [0.1, 0.15) is 5.75 Å². The first kappa shape index (κ1) is 13.4. The second-order valence-corrected chi connectivity index (χ2v) is 4.78. The monoisotopic (exact) mass is 281 g/mol. The van der Waals surface area contributed by atoms with Gasteiger partial charge in [0.15, 0.2) is 0 Å². The van der Waals surface area contributed by atoms with E-state index >= 15 is 0 Å². The summed E-state index contributed by atoms with van der Waals surface area (Å²) in [5.74, 6) is 0.120.